The summed E-state index contributed by atoms with van der Waals surface area (Å²) in [5.41, 5.74) is 1.62. The number of aromatic amines is 1. The summed E-state index contributed by atoms with van der Waals surface area (Å²) in [6, 6.07) is 0. The highest BCUT2D eigenvalue weighted by atomic mass is 16.4. The number of nitrogens with zero attached hydrogens (tertiary/aromatic N) is 2. The van der Waals surface area contributed by atoms with Crippen molar-refractivity contribution < 1.29 is 9.90 Å². The summed E-state index contributed by atoms with van der Waals surface area (Å²) < 4.78 is 0. The first-order valence-corrected chi connectivity index (χ1v) is 5.14. The van der Waals surface area contributed by atoms with Crippen LogP contribution >= 0.6 is 0 Å². The van der Waals surface area contributed by atoms with Crippen LogP contribution in [0.25, 0.3) is 11.0 Å². The maximum Gasteiger partial charge on any atom is 0.338 e. The van der Waals surface area contributed by atoms with E-state index in [9.17, 15) is 4.79 Å². The van der Waals surface area contributed by atoms with E-state index in [0.29, 0.717) is 17.0 Å². The summed E-state index contributed by atoms with van der Waals surface area (Å²) in [6.07, 6.45) is 3.67. The molecule has 2 rings (SSSR count). The minimum absolute atomic E-state index is 0.242. The van der Waals surface area contributed by atoms with E-state index in [1.54, 1.807) is 0 Å². The lowest BCUT2D eigenvalue weighted by molar-refractivity contribution is 0.0699. The van der Waals surface area contributed by atoms with Crippen LogP contribution in [0.3, 0.4) is 0 Å². The lowest BCUT2D eigenvalue weighted by atomic mass is 10.0. The quantitative estimate of drug-likeness (QED) is 0.825. The molecule has 0 aliphatic rings. The highest BCUT2D eigenvalue weighted by Crippen LogP contribution is 2.21. The van der Waals surface area contributed by atoms with E-state index < -0.39 is 5.97 Å². The second-order valence-corrected chi connectivity index (χ2v) is 4.15. The van der Waals surface area contributed by atoms with Gasteiger partial charge in [0.25, 0.3) is 0 Å². The van der Waals surface area contributed by atoms with Crippen molar-refractivity contribution in [2.45, 2.75) is 20.3 Å². The first-order chi connectivity index (χ1) is 7.59. The van der Waals surface area contributed by atoms with E-state index in [1.807, 2.05) is 0 Å². The lowest BCUT2D eigenvalue weighted by Crippen LogP contribution is -2.02. The molecule has 0 amide bonds. The highest BCUT2D eigenvalue weighted by molar-refractivity contribution is 6.03. The number of carboxylic acid groups (broad SMARTS) is 1. The molecule has 0 saturated carbocycles. The first kappa shape index (κ1) is 10.6. The molecule has 2 heterocycles. The summed E-state index contributed by atoms with van der Waals surface area (Å²) in [4.78, 5) is 22.1. The summed E-state index contributed by atoms with van der Waals surface area (Å²) in [6.45, 7) is 4.14. The van der Waals surface area contributed by atoms with E-state index in [-0.39, 0.29) is 5.56 Å². The predicted octanol–water partition coefficient (Wildman–Crippen LogP) is 1.85. The third-order valence-corrected chi connectivity index (χ3v) is 2.38. The Labute approximate surface area is 92.5 Å². The van der Waals surface area contributed by atoms with Gasteiger partial charge in [-0.15, -0.1) is 0 Å². The largest absolute Gasteiger partial charge is 0.478 e. The van der Waals surface area contributed by atoms with Gasteiger partial charge in [0.15, 0.2) is 0 Å². The average Bonchev–Trinajstić information content (AvgIpc) is 2.61. The fourth-order valence-electron chi connectivity index (χ4n) is 1.74. The Hall–Kier alpha value is -1.91. The monoisotopic (exact) mass is 219 g/mol. The van der Waals surface area contributed by atoms with Gasteiger partial charge in [-0.1, -0.05) is 13.8 Å². The van der Waals surface area contributed by atoms with E-state index in [1.165, 1.54) is 12.5 Å². The highest BCUT2D eigenvalue weighted by Gasteiger charge is 2.16. The van der Waals surface area contributed by atoms with Crippen LogP contribution in [0.15, 0.2) is 12.5 Å². The third-order valence-electron chi connectivity index (χ3n) is 2.38. The number of H-pyrrole nitrogens is 1. The minimum Gasteiger partial charge on any atom is -0.478 e. The molecule has 0 aromatic carbocycles. The number of carbonyl (C=O) groups is 1. The van der Waals surface area contributed by atoms with Gasteiger partial charge in [-0.05, 0) is 12.3 Å². The van der Waals surface area contributed by atoms with Gasteiger partial charge in [-0.25, -0.2) is 14.8 Å². The Kier molecular flexibility index (Phi) is 2.60. The summed E-state index contributed by atoms with van der Waals surface area (Å²) in [5, 5.41) is 9.68. The molecule has 0 aliphatic heterocycles. The number of aromatic nitrogens is 3. The van der Waals surface area contributed by atoms with Crippen LogP contribution in [0.1, 0.15) is 29.9 Å². The molecule has 0 bridgehead atoms. The molecule has 0 fully saturated rings. The van der Waals surface area contributed by atoms with Crippen molar-refractivity contribution in [1.82, 2.24) is 15.0 Å². The van der Waals surface area contributed by atoms with Crippen molar-refractivity contribution >= 4 is 17.0 Å². The molecular formula is C11H13N3O2. The van der Waals surface area contributed by atoms with Crippen LogP contribution in [-0.2, 0) is 6.42 Å². The number of aromatic carboxylic acids is 1. The van der Waals surface area contributed by atoms with Gasteiger partial charge in [0.1, 0.15) is 12.0 Å². The van der Waals surface area contributed by atoms with Crippen LogP contribution < -0.4 is 0 Å². The van der Waals surface area contributed by atoms with Gasteiger partial charge in [-0.2, -0.15) is 0 Å². The van der Waals surface area contributed by atoms with E-state index in [2.05, 4.69) is 28.8 Å². The fourth-order valence-corrected chi connectivity index (χ4v) is 1.74. The molecule has 16 heavy (non-hydrogen) atoms. The molecule has 0 unspecified atom stereocenters. The summed E-state index contributed by atoms with van der Waals surface area (Å²) >= 11 is 0. The van der Waals surface area contributed by atoms with Gasteiger partial charge in [-0.3, -0.25) is 0 Å². The van der Waals surface area contributed by atoms with Crippen molar-refractivity contribution in [3.05, 3.63) is 23.8 Å². The van der Waals surface area contributed by atoms with Crippen molar-refractivity contribution in [1.29, 1.82) is 0 Å². The normalized spacial score (nSPS) is 11.2. The van der Waals surface area contributed by atoms with Gasteiger partial charge in [0.05, 0.1) is 16.6 Å². The Morgan fingerprint density at radius 1 is 1.50 bits per heavy atom. The smallest absolute Gasteiger partial charge is 0.338 e. The molecule has 0 spiro atoms. The molecule has 0 radical (unpaired) electrons. The summed E-state index contributed by atoms with van der Waals surface area (Å²) in [7, 11) is 0. The SMILES string of the molecule is CC(C)Cc1ncnc2[nH]cc(C(=O)O)c12. The Bertz CT molecular complexity index is 531. The third kappa shape index (κ3) is 1.76. The average molecular weight is 219 g/mol. The number of carboxylic acids is 1. The zero-order valence-electron chi connectivity index (χ0n) is 9.19. The second-order valence-electron chi connectivity index (χ2n) is 4.15. The zero-order chi connectivity index (χ0) is 11.7. The maximum atomic E-state index is 11.0. The van der Waals surface area contributed by atoms with Crippen LogP contribution in [0.2, 0.25) is 0 Å². The molecule has 5 nitrogen and oxygen atoms in total. The van der Waals surface area contributed by atoms with Crippen molar-refractivity contribution in [2.75, 3.05) is 0 Å². The van der Waals surface area contributed by atoms with Gasteiger partial charge in [0.2, 0.25) is 0 Å². The number of nitrogens with one attached hydrogen (secondary N) is 1. The Morgan fingerprint density at radius 3 is 2.88 bits per heavy atom. The van der Waals surface area contributed by atoms with Crippen molar-refractivity contribution in [2.24, 2.45) is 5.92 Å². The molecule has 0 saturated heterocycles. The second kappa shape index (κ2) is 3.92. The molecule has 2 aromatic heterocycles. The van der Waals surface area contributed by atoms with Gasteiger partial charge < -0.3 is 10.1 Å². The topological polar surface area (TPSA) is 78.9 Å². The van der Waals surface area contributed by atoms with Gasteiger partial charge in [0, 0.05) is 6.20 Å². The zero-order valence-corrected chi connectivity index (χ0v) is 9.19. The molecule has 5 heteroatoms. The Morgan fingerprint density at radius 2 is 2.25 bits per heavy atom. The fraction of sp³-hybridized carbons (Fsp3) is 0.364. The van der Waals surface area contributed by atoms with Crippen molar-refractivity contribution in [3.63, 3.8) is 0 Å². The number of fused-ring (bicyclic) bond motifs is 1. The van der Waals surface area contributed by atoms with Crippen LogP contribution in [0.5, 0.6) is 0 Å². The van der Waals surface area contributed by atoms with Crippen LogP contribution in [-0.4, -0.2) is 26.0 Å². The molecule has 84 valence electrons. The molecule has 2 aromatic rings. The first-order valence-electron chi connectivity index (χ1n) is 5.14. The van der Waals surface area contributed by atoms with Gasteiger partial charge >= 0.3 is 5.97 Å². The predicted molar refractivity (Wildman–Crippen MR) is 59.4 cm³/mol. The Balaban J connectivity index is 2.63. The van der Waals surface area contributed by atoms with E-state index in [0.717, 1.165) is 12.1 Å². The molecule has 2 N–H and O–H groups in total. The lowest BCUT2D eigenvalue weighted by Gasteiger charge is -2.05. The summed E-state index contributed by atoms with van der Waals surface area (Å²) in [5.74, 6) is -0.527. The standard InChI is InChI=1S/C11H13N3O2/c1-6(2)3-8-9-7(11(15)16)4-12-10(9)14-5-13-8/h4-6H,3H2,1-2H3,(H,15,16)(H,12,13,14). The van der Waals surface area contributed by atoms with Crippen molar-refractivity contribution in [3.8, 4) is 0 Å². The maximum absolute atomic E-state index is 11.0. The minimum atomic E-state index is -0.953. The molecular weight excluding hydrogens is 206 g/mol. The van der Waals surface area contributed by atoms with E-state index >= 15 is 0 Å². The molecule has 0 aliphatic carbocycles. The number of hydrogen-bond donors (Lipinski definition) is 2. The number of rotatable bonds is 3. The molecule has 0 atom stereocenters. The van der Waals surface area contributed by atoms with Crippen LogP contribution in [0, 0.1) is 5.92 Å². The van der Waals surface area contributed by atoms with E-state index in [4.69, 9.17) is 5.11 Å². The van der Waals surface area contributed by atoms with Crippen LogP contribution in [0.4, 0.5) is 0 Å². The number of hydrogen-bond acceptors (Lipinski definition) is 3.